The minimum atomic E-state index is -0.353. The Kier molecular flexibility index (Phi) is 15.8. The highest BCUT2D eigenvalue weighted by Gasteiger charge is 2.39. The number of unbranched alkanes of at least 4 members (excludes halogenated alkanes) is 7. The van der Waals surface area contributed by atoms with E-state index in [1.54, 1.807) is 7.05 Å². The minimum Gasteiger partial charge on any atom is -0.466 e. The molecule has 1 rings (SSSR count). The number of ether oxygens (including phenoxy) is 3. The summed E-state index contributed by atoms with van der Waals surface area (Å²) in [7, 11) is 1.80. The molecule has 0 aromatic carbocycles. The molecule has 1 aliphatic heterocycles. The van der Waals surface area contributed by atoms with Crippen molar-refractivity contribution >= 4 is 17.9 Å². The fraction of sp³-hybridized carbons (Fsp3) is 0.875. The van der Waals surface area contributed by atoms with Gasteiger partial charge in [-0.15, -0.1) is 0 Å². The molecule has 8 nitrogen and oxygen atoms in total. The molecule has 0 spiro atoms. The van der Waals surface area contributed by atoms with E-state index in [0.717, 1.165) is 45.1 Å². The van der Waals surface area contributed by atoms with Crippen molar-refractivity contribution in [1.82, 2.24) is 10.2 Å². The van der Waals surface area contributed by atoms with E-state index in [-0.39, 0.29) is 30.1 Å². The lowest BCUT2D eigenvalue weighted by Gasteiger charge is -2.22. The second kappa shape index (κ2) is 17.8. The number of carbonyl (C=O) groups excluding carboxylic acids is 3. The summed E-state index contributed by atoms with van der Waals surface area (Å²) in [6.45, 7) is 6.40. The van der Waals surface area contributed by atoms with Gasteiger partial charge >= 0.3 is 17.9 Å². The number of nitrogens with one attached hydrogen (secondary N) is 1. The molecule has 2 atom stereocenters. The van der Waals surface area contributed by atoms with Crippen LogP contribution < -0.4 is 5.32 Å². The average Bonchev–Trinajstić information content (AvgIpc) is 3.16. The maximum atomic E-state index is 12.7. The molecule has 0 bridgehead atoms. The Morgan fingerprint density at radius 3 is 2.25 bits per heavy atom. The highest BCUT2D eigenvalue weighted by atomic mass is 16.6. The normalized spacial score (nSPS) is 18.5. The van der Waals surface area contributed by atoms with Crippen LogP contribution in [0.5, 0.6) is 0 Å². The van der Waals surface area contributed by atoms with E-state index in [0.29, 0.717) is 39.1 Å². The van der Waals surface area contributed by atoms with Crippen molar-refractivity contribution in [2.45, 2.75) is 96.6 Å². The third-order valence-electron chi connectivity index (χ3n) is 5.65. The molecule has 1 saturated heterocycles. The SMILES string of the molecule is CCCCCCCOC(=O)C1CC(OC(=O)CCNC)CN1CCCCCCOC(C)=O. The largest absolute Gasteiger partial charge is 0.466 e. The van der Waals surface area contributed by atoms with Crippen molar-refractivity contribution in [3.8, 4) is 0 Å². The maximum Gasteiger partial charge on any atom is 0.323 e. The maximum absolute atomic E-state index is 12.7. The Morgan fingerprint density at radius 2 is 1.59 bits per heavy atom. The van der Waals surface area contributed by atoms with Gasteiger partial charge in [-0.2, -0.15) is 0 Å². The first-order valence-electron chi connectivity index (χ1n) is 12.4. The fourth-order valence-electron chi connectivity index (χ4n) is 3.87. The van der Waals surface area contributed by atoms with Gasteiger partial charge in [0.2, 0.25) is 0 Å². The summed E-state index contributed by atoms with van der Waals surface area (Å²) in [4.78, 5) is 37.6. The van der Waals surface area contributed by atoms with E-state index in [1.165, 1.54) is 26.2 Å². The van der Waals surface area contributed by atoms with Crippen LogP contribution >= 0.6 is 0 Å². The molecule has 8 heteroatoms. The second-order valence-electron chi connectivity index (χ2n) is 8.55. The summed E-state index contributed by atoms with van der Waals surface area (Å²) in [5, 5.41) is 2.94. The van der Waals surface area contributed by atoms with E-state index in [2.05, 4.69) is 17.1 Å². The summed E-state index contributed by atoms with van der Waals surface area (Å²) in [6.07, 6.45) is 9.82. The summed E-state index contributed by atoms with van der Waals surface area (Å²) in [5.74, 6) is -0.687. The highest BCUT2D eigenvalue weighted by molar-refractivity contribution is 5.76. The first-order chi connectivity index (χ1) is 15.5. The van der Waals surface area contributed by atoms with Crippen LogP contribution in [0.3, 0.4) is 0 Å². The summed E-state index contributed by atoms with van der Waals surface area (Å²) < 4.78 is 16.1. The van der Waals surface area contributed by atoms with Gasteiger partial charge in [0.1, 0.15) is 12.1 Å². The molecular weight excluding hydrogens is 412 g/mol. The Morgan fingerprint density at radius 1 is 0.938 bits per heavy atom. The smallest absolute Gasteiger partial charge is 0.323 e. The van der Waals surface area contributed by atoms with E-state index in [9.17, 15) is 14.4 Å². The zero-order valence-electron chi connectivity index (χ0n) is 20.4. The molecule has 32 heavy (non-hydrogen) atoms. The molecule has 2 unspecified atom stereocenters. The Bertz CT molecular complexity index is 543. The monoisotopic (exact) mass is 456 g/mol. The molecule has 0 amide bonds. The van der Waals surface area contributed by atoms with Crippen molar-refractivity contribution in [2.75, 3.05) is 39.9 Å². The van der Waals surface area contributed by atoms with Crippen molar-refractivity contribution < 1.29 is 28.6 Å². The van der Waals surface area contributed by atoms with E-state index in [1.807, 2.05) is 0 Å². The molecule has 0 aromatic rings. The van der Waals surface area contributed by atoms with Gasteiger partial charge in [0, 0.05) is 26.4 Å². The number of esters is 3. The van der Waals surface area contributed by atoms with Gasteiger partial charge in [-0.05, 0) is 32.9 Å². The van der Waals surface area contributed by atoms with Gasteiger partial charge in [-0.3, -0.25) is 19.3 Å². The van der Waals surface area contributed by atoms with Gasteiger partial charge in [0.25, 0.3) is 0 Å². The number of likely N-dealkylation sites (tertiary alicyclic amines) is 1. The topological polar surface area (TPSA) is 94.2 Å². The number of hydrogen-bond donors (Lipinski definition) is 1. The third kappa shape index (κ3) is 13.0. The molecule has 186 valence electrons. The lowest BCUT2D eigenvalue weighted by molar-refractivity contribution is -0.151. The van der Waals surface area contributed by atoms with Crippen LogP contribution in [-0.4, -0.2) is 74.8 Å². The van der Waals surface area contributed by atoms with Gasteiger partial charge in [0.15, 0.2) is 0 Å². The van der Waals surface area contributed by atoms with Crippen LogP contribution in [-0.2, 0) is 28.6 Å². The predicted octanol–water partition coefficient (Wildman–Crippen LogP) is 3.22. The minimum absolute atomic E-state index is 0.205. The molecule has 0 aliphatic carbocycles. The van der Waals surface area contributed by atoms with Crippen LogP contribution in [0.25, 0.3) is 0 Å². The first-order valence-corrected chi connectivity index (χ1v) is 12.4. The number of carbonyl (C=O) groups is 3. The zero-order valence-corrected chi connectivity index (χ0v) is 20.4. The standard InChI is InChI=1S/C24H44N2O6/c1-4-5-6-8-12-17-31-24(29)22-18-21(32-23(28)13-14-25-3)19-26(22)15-10-7-9-11-16-30-20(2)27/h21-22,25H,4-19H2,1-3H3. The summed E-state index contributed by atoms with van der Waals surface area (Å²) in [6, 6.07) is -0.353. The highest BCUT2D eigenvalue weighted by Crippen LogP contribution is 2.23. The Hall–Kier alpha value is -1.67. The Labute approximate surface area is 193 Å². The Balaban J connectivity index is 2.44. The zero-order chi connectivity index (χ0) is 23.6. The number of hydrogen-bond acceptors (Lipinski definition) is 8. The molecule has 0 aromatic heterocycles. The quantitative estimate of drug-likeness (QED) is 0.191. The molecule has 1 fully saturated rings. The van der Waals surface area contributed by atoms with Gasteiger partial charge in [-0.1, -0.05) is 45.4 Å². The van der Waals surface area contributed by atoms with Crippen LogP contribution in [0, 0.1) is 0 Å². The molecule has 0 saturated carbocycles. The van der Waals surface area contributed by atoms with Gasteiger partial charge in [-0.25, -0.2) is 0 Å². The fourth-order valence-corrected chi connectivity index (χ4v) is 3.87. The van der Waals surface area contributed by atoms with Crippen molar-refractivity contribution in [3.05, 3.63) is 0 Å². The van der Waals surface area contributed by atoms with Gasteiger partial charge in [0.05, 0.1) is 19.6 Å². The van der Waals surface area contributed by atoms with Gasteiger partial charge < -0.3 is 19.5 Å². The molecule has 1 N–H and O–H groups in total. The van der Waals surface area contributed by atoms with E-state index in [4.69, 9.17) is 14.2 Å². The first kappa shape index (κ1) is 28.4. The molecular formula is C24H44N2O6. The lowest BCUT2D eigenvalue weighted by atomic mass is 10.1. The molecule has 1 aliphatic rings. The van der Waals surface area contributed by atoms with Crippen molar-refractivity contribution in [3.63, 3.8) is 0 Å². The van der Waals surface area contributed by atoms with Crippen LogP contribution in [0.1, 0.15) is 84.5 Å². The van der Waals surface area contributed by atoms with Crippen LogP contribution in [0.4, 0.5) is 0 Å². The van der Waals surface area contributed by atoms with Crippen molar-refractivity contribution in [1.29, 1.82) is 0 Å². The average molecular weight is 457 g/mol. The third-order valence-corrected chi connectivity index (χ3v) is 5.65. The van der Waals surface area contributed by atoms with Crippen LogP contribution in [0.15, 0.2) is 0 Å². The van der Waals surface area contributed by atoms with Crippen LogP contribution in [0.2, 0.25) is 0 Å². The lowest BCUT2D eigenvalue weighted by Crippen LogP contribution is -2.38. The molecule has 1 heterocycles. The number of rotatable bonds is 18. The van der Waals surface area contributed by atoms with E-state index < -0.39 is 0 Å². The summed E-state index contributed by atoms with van der Waals surface area (Å²) >= 11 is 0. The van der Waals surface area contributed by atoms with E-state index >= 15 is 0 Å². The molecule has 0 radical (unpaired) electrons. The summed E-state index contributed by atoms with van der Waals surface area (Å²) in [5.41, 5.74) is 0. The van der Waals surface area contributed by atoms with Crippen molar-refractivity contribution in [2.24, 2.45) is 0 Å². The number of nitrogens with zero attached hydrogens (tertiary/aromatic N) is 1. The second-order valence-corrected chi connectivity index (χ2v) is 8.55. The predicted molar refractivity (Wildman–Crippen MR) is 123 cm³/mol.